The Kier molecular flexibility index (Phi) is 6.56. The summed E-state index contributed by atoms with van der Waals surface area (Å²) in [6, 6.07) is 11.8. The van der Waals surface area contributed by atoms with Gasteiger partial charge in [-0.3, -0.25) is 14.4 Å². The van der Waals surface area contributed by atoms with E-state index in [1.54, 1.807) is 30.3 Å². The number of benzene rings is 2. The molecule has 0 radical (unpaired) electrons. The smallest absolute Gasteiger partial charge is 0.309 e. The Balaban J connectivity index is 1.70. The number of nitrogens with one attached hydrogen (secondary N) is 2. The van der Waals surface area contributed by atoms with Crippen molar-refractivity contribution in [1.82, 2.24) is 0 Å². The van der Waals surface area contributed by atoms with Crippen LogP contribution in [0.15, 0.2) is 42.5 Å². The average Bonchev–Trinajstić information content (AvgIpc) is 3.49. The largest absolute Gasteiger partial charge is 0.494 e. The molecule has 2 aromatic carbocycles. The van der Waals surface area contributed by atoms with Crippen molar-refractivity contribution in [3.8, 4) is 11.5 Å². The van der Waals surface area contributed by atoms with E-state index in [4.69, 9.17) is 14.2 Å². The second-order valence-corrected chi connectivity index (χ2v) is 7.05. The Bertz CT molecular complexity index is 944. The van der Waals surface area contributed by atoms with Crippen molar-refractivity contribution < 1.29 is 28.6 Å². The Hall–Kier alpha value is -3.55. The molecule has 2 N–H and O–H groups in total. The van der Waals surface area contributed by atoms with Crippen molar-refractivity contribution >= 4 is 29.2 Å². The second-order valence-electron chi connectivity index (χ2n) is 7.05. The lowest BCUT2D eigenvalue weighted by Gasteiger charge is -2.16. The first-order valence-electron chi connectivity index (χ1n) is 9.51. The van der Waals surface area contributed by atoms with Crippen LogP contribution < -0.4 is 20.1 Å². The molecule has 8 nitrogen and oxygen atoms in total. The van der Waals surface area contributed by atoms with E-state index in [2.05, 4.69) is 10.6 Å². The van der Waals surface area contributed by atoms with Crippen molar-refractivity contribution in [2.75, 3.05) is 31.5 Å². The first kappa shape index (κ1) is 21.2. The van der Waals surface area contributed by atoms with E-state index in [-0.39, 0.29) is 24.4 Å². The highest BCUT2D eigenvalue weighted by Gasteiger charge is 2.40. The molecule has 3 rings (SSSR count). The van der Waals surface area contributed by atoms with Crippen LogP contribution in [0.2, 0.25) is 0 Å². The number of rotatable bonds is 8. The number of carbonyl (C=O) groups excluding carboxylic acids is 3. The fourth-order valence-corrected chi connectivity index (χ4v) is 2.96. The molecule has 0 aliphatic heterocycles. The van der Waals surface area contributed by atoms with Gasteiger partial charge < -0.3 is 24.8 Å². The van der Waals surface area contributed by atoms with Gasteiger partial charge in [0.1, 0.15) is 11.5 Å². The molecule has 2 atom stereocenters. The fraction of sp³-hybridized carbons (Fsp3) is 0.318. The summed E-state index contributed by atoms with van der Waals surface area (Å²) in [6.07, 6.45) is 0.793. The minimum absolute atomic E-state index is 0.111. The highest BCUT2D eigenvalue weighted by atomic mass is 16.5. The monoisotopic (exact) mass is 412 g/mol. The summed E-state index contributed by atoms with van der Waals surface area (Å²) in [5.74, 6) is -0.328. The predicted octanol–water partition coefficient (Wildman–Crippen LogP) is 3.09. The molecule has 0 unspecified atom stereocenters. The van der Waals surface area contributed by atoms with Crippen LogP contribution >= 0.6 is 0 Å². The van der Waals surface area contributed by atoms with E-state index in [0.717, 1.165) is 6.42 Å². The number of esters is 1. The molecule has 2 amide bonds. The molecule has 1 aliphatic rings. The van der Waals surface area contributed by atoms with E-state index in [1.165, 1.54) is 20.3 Å². The third kappa shape index (κ3) is 5.08. The minimum Gasteiger partial charge on any atom is -0.494 e. The van der Waals surface area contributed by atoms with Crippen LogP contribution in [0.5, 0.6) is 11.5 Å². The third-order valence-corrected chi connectivity index (χ3v) is 4.84. The first-order chi connectivity index (χ1) is 14.4. The van der Waals surface area contributed by atoms with E-state index in [1.807, 2.05) is 13.0 Å². The SMILES string of the molecule is COc1cc(NC(=O)c2ccccc2)c(OC)cc1NC(=O)COC(=O)[C@H]1C[C@@H]1C. The number of hydrogen-bond donors (Lipinski definition) is 2. The molecular weight excluding hydrogens is 388 g/mol. The van der Waals surface area contributed by atoms with E-state index in [0.29, 0.717) is 34.4 Å². The third-order valence-electron chi connectivity index (χ3n) is 4.84. The molecule has 1 aliphatic carbocycles. The Labute approximate surface area is 174 Å². The van der Waals surface area contributed by atoms with Crippen molar-refractivity contribution in [2.24, 2.45) is 11.8 Å². The topological polar surface area (TPSA) is 103 Å². The van der Waals surface area contributed by atoms with Crippen molar-refractivity contribution in [2.45, 2.75) is 13.3 Å². The molecule has 0 aromatic heterocycles. The summed E-state index contributed by atoms with van der Waals surface area (Å²) >= 11 is 0. The molecule has 158 valence electrons. The van der Waals surface area contributed by atoms with Crippen LogP contribution in [0.1, 0.15) is 23.7 Å². The average molecular weight is 412 g/mol. The summed E-state index contributed by atoms with van der Waals surface area (Å²) in [6.45, 7) is 1.57. The maximum absolute atomic E-state index is 12.5. The van der Waals surface area contributed by atoms with Gasteiger partial charge in [-0.25, -0.2) is 0 Å². The van der Waals surface area contributed by atoms with Gasteiger partial charge in [0.25, 0.3) is 11.8 Å². The Morgan fingerprint density at radius 2 is 1.53 bits per heavy atom. The molecule has 2 aromatic rings. The second kappa shape index (κ2) is 9.30. The van der Waals surface area contributed by atoms with Gasteiger partial charge in [0, 0.05) is 17.7 Å². The lowest BCUT2D eigenvalue weighted by Crippen LogP contribution is -2.22. The standard InChI is InChI=1S/C22H24N2O6/c1-13-9-15(13)22(27)30-12-20(25)23-16-10-19(29-3)17(11-18(16)28-2)24-21(26)14-7-5-4-6-8-14/h4-8,10-11,13,15H,9,12H2,1-3H3,(H,23,25)(H,24,26)/t13-,15-/m0/s1. The van der Waals surface area contributed by atoms with Crippen LogP contribution in [0.4, 0.5) is 11.4 Å². The van der Waals surface area contributed by atoms with E-state index >= 15 is 0 Å². The van der Waals surface area contributed by atoms with Crippen molar-refractivity contribution in [3.63, 3.8) is 0 Å². The number of methoxy groups -OCH3 is 2. The highest BCUT2D eigenvalue weighted by Crippen LogP contribution is 2.39. The first-order valence-corrected chi connectivity index (χ1v) is 9.51. The van der Waals surface area contributed by atoms with Crippen LogP contribution in [-0.4, -0.2) is 38.6 Å². The van der Waals surface area contributed by atoms with Crippen molar-refractivity contribution in [1.29, 1.82) is 0 Å². The minimum atomic E-state index is -0.502. The number of hydrogen-bond acceptors (Lipinski definition) is 6. The van der Waals surface area contributed by atoms with Gasteiger partial charge in [0.05, 0.1) is 31.5 Å². The zero-order valence-electron chi connectivity index (χ0n) is 17.1. The van der Waals surface area contributed by atoms with Crippen LogP contribution in [0.3, 0.4) is 0 Å². The lowest BCUT2D eigenvalue weighted by atomic mass is 10.2. The Morgan fingerprint density at radius 3 is 2.07 bits per heavy atom. The van der Waals surface area contributed by atoms with Gasteiger partial charge in [0.15, 0.2) is 6.61 Å². The quantitative estimate of drug-likeness (QED) is 0.646. The van der Waals surface area contributed by atoms with Gasteiger partial charge in [0.2, 0.25) is 0 Å². The van der Waals surface area contributed by atoms with Gasteiger partial charge in [-0.1, -0.05) is 25.1 Å². The molecule has 0 heterocycles. The van der Waals surface area contributed by atoms with Gasteiger partial charge in [-0.2, -0.15) is 0 Å². The van der Waals surface area contributed by atoms with E-state index in [9.17, 15) is 14.4 Å². The highest BCUT2D eigenvalue weighted by molar-refractivity contribution is 6.05. The zero-order chi connectivity index (χ0) is 21.7. The maximum atomic E-state index is 12.5. The maximum Gasteiger partial charge on any atom is 0.309 e. The summed E-state index contributed by atoms with van der Waals surface area (Å²) in [5, 5.41) is 5.41. The number of carbonyl (C=O) groups is 3. The summed E-state index contributed by atoms with van der Waals surface area (Å²) in [7, 11) is 2.89. The summed E-state index contributed by atoms with van der Waals surface area (Å²) in [5.41, 5.74) is 1.20. The lowest BCUT2D eigenvalue weighted by molar-refractivity contribution is -0.148. The van der Waals surface area contributed by atoms with Crippen LogP contribution in [0.25, 0.3) is 0 Å². The molecule has 8 heteroatoms. The molecule has 30 heavy (non-hydrogen) atoms. The Morgan fingerprint density at radius 1 is 0.967 bits per heavy atom. The van der Waals surface area contributed by atoms with Gasteiger partial charge >= 0.3 is 5.97 Å². The number of ether oxygens (including phenoxy) is 3. The number of anilines is 2. The fourth-order valence-electron chi connectivity index (χ4n) is 2.96. The molecular formula is C22H24N2O6. The van der Waals surface area contributed by atoms with Gasteiger partial charge in [-0.05, 0) is 24.5 Å². The normalized spacial score (nSPS) is 16.9. The molecule has 1 fully saturated rings. The van der Waals surface area contributed by atoms with Crippen LogP contribution in [0, 0.1) is 11.8 Å². The van der Waals surface area contributed by atoms with Crippen LogP contribution in [-0.2, 0) is 14.3 Å². The zero-order valence-corrected chi connectivity index (χ0v) is 17.1. The molecule has 0 bridgehead atoms. The number of amides is 2. The predicted molar refractivity (Wildman–Crippen MR) is 111 cm³/mol. The summed E-state index contributed by atoms with van der Waals surface area (Å²) in [4.78, 5) is 36.4. The van der Waals surface area contributed by atoms with Crippen molar-refractivity contribution in [3.05, 3.63) is 48.0 Å². The molecule has 1 saturated carbocycles. The van der Waals surface area contributed by atoms with Gasteiger partial charge in [-0.15, -0.1) is 0 Å². The molecule has 0 spiro atoms. The summed E-state index contributed by atoms with van der Waals surface area (Å²) < 4.78 is 15.7. The molecule has 0 saturated heterocycles. The van der Waals surface area contributed by atoms with E-state index < -0.39 is 5.91 Å².